The van der Waals surface area contributed by atoms with Crippen molar-refractivity contribution in [1.82, 2.24) is 0 Å². The van der Waals surface area contributed by atoms with E-state index in [-0.39, 0.29) is 17.5 Å². The predicted octanol–water partition coefficient (Wildman–Crippen LogP) is 6.56. The van der Waals surface area contributed by atoms with Gasteiger partial charge < -0.3 is 4.43 Å². The van der Waals surface area contributed by atoms with Gasteiger partial charge in [-0.05, 0) is 29.1 Å². The van der Waals surface area contributed by atoms with E-state index in [1.807, 2.05) is 19.1 Å². The van der Waals surface area contributed by atoms with E-state index in [0.717, 1.165) is 5.76 Å². The van der Waals surface area contributed by atoms with Gasteiger partial charge in [-0.25, -0.2) is 0 Å². The van der Waals surface area contributed by atoms with Crippen LogP contribution in [-0.2, 0) is 4.43 Å². The summed E-state index contributed by atoms with van der Waals surface area (Å²) in [4.78, 5) is 26.5. The molecule has 28 heavy (non-hydrogen) atoms. The van der Waals surface area contributed by atoms with Crippen LogP contribution in [0.2, 0.25) is 16.6 Å². The molecule has 0 saturated heterocycles. The molecule has 0 N–H and O–H groups in total. The molecule has 1 aromatic rings. The maximum atomic E-state index is 13.4. The molecule has 2 atom stereocenters. The van der Waals surface area contributed by atoms with Gasteiger partial charge in [0, 0.05) is 28.9 Å². The Bertz CT molecular complexity index is 799. The first-order valence-electron chi connectivity index (χ1n) is 10.6. The number of Topliss-reactive ketones (excluding diaryl/α,β-unsaturated/α-hetero) is 2. The van der Waals surface area contributed by atoms with Crippen LogP contribution in [0.3, 0.4) is 0 Å². The summed E-state index contributed by atoms with van der Waals surface area (Å²) in [6, 6.07) is 7.27. The monoisotopic (exact) mass is 398 g/mol. The number of carbonyl (C=O) groups is 2. The van der Waals surface area contributed by atoms with Crippen LogP contribution >= 0.6 is 0 Å². The number of allylic oxidation sites excluding steroid dienone is 2. The number of fused-ring (bicyclic) bond motifs is 2. The van der Waals surface area contributed by atoms with Crippen LogP contribution in [0.4, 0.5) is 0 Å². The smallest absolute Gasteiger partial charge is 0.258 e. The number of hydrogen-bond donors (Lipinski definition) is 0. The third-order valence-corrected chi connectivity index (χ3v) is 13.2. The van der Waals surface area contributed by atoms with Crippen LogP contribution in [0.5, 0.6) is 0 Å². The zero-order chi connectivity index (χ0) is 20.9. The van der Waals surface area contributed by atoms with Crippen LogP contribution < -0.4 is 0 Å². The number of ketones is 2. The highest BCUT2D eigenvalue weighted by Gasteiger charge is 2.54. The third kappa shape index (κ3) is 3.01. The molecule has 3 nitrogen and oxygen atoms in total. The van der Waals surface area contributed by atoms with Gasteiger partial charge in [-0.2, -0.15) is 0 Å². The molecule has 152 valence electrons. The fourth-order valence-electron chi connectivity index (χ4n) is 5.75. The Morgan fingerprint density at radius 2 is 1.50 bits per heavy atom. The zero-order valence-corrected chi connectivity index (χ0v) is 19.3. The Labute approximate surface area is 170 Å². The van der Waals surface area contributed by atoms with Crippen molar-refractivity contribution in [1.29, 1.82) is 0 Å². The lowest BCUT2D eigenvalue weighted by atomic mass is 9.59. The van der Waals surface area contributed by atoms with Crippen molar-refractivity contribution >= 4 is 19.9 Å². The highest BCUT2D eigenvalue weighted by Crippen LogP contribution is 2.51. The van der Waals surface area contributed by atoms with E-state index in [1.165, 1.54) is 0 Å². The number of rotatable bonds is 5. The topological polar surface area (TPSA) is 43.4 Å². The van der Waals surface area contributed by atoms with E-state index >= 15 is 0 Å². The maximum Gasteiger partial charge on any atom is 0.258 e. The Morgan fingerprint density at radius 3 is 2.04 bits per heavy atom. The summed E-state index contributed by atoms with van der Waals surface area (Å²) in [7, 11) is -2.08. The minimum atomic E-state index is -2.08. The van der Waals surface area contributed by atoms with Crippen molar-refractivity contribution in [2.45, 2.75) is 77.9 Å². The van der Waals surface area contributed by atoms with Crippen molar-refractivity contribution < 1.29 is 14.0 Å². The summed E-state index contributed by atoms with van der Waals surface area (Å²) in [5.41, 5.74) is 1.88. The second-order valence-electron chi connectivity index (χ2n) is 9.71. The van der Waals surface area contributed by atoms with E-state index < -0.39 is 13.7 Å². The van der Waals surface area contributed by atoms with Crippen LogP contribution in [0.25, 0.3) is 0 Å². The second kappa shape index (κ2) is 7.29. The SMILES string of the molecule is CC(C)[Si](OC1=CC[C@@H]2C(=O)c3ccccc3C(=O)[C@]2(C)C1)(C(C)C)C(C)C. The standard InChI is InChI=1S/C24H34O3Si/c1-15(2)28(16(3)4,17(5)6)27-18-12-13-21-22(25)19-10-8-9-11-20(19)23(26)24(21,7)14-18/h8-12,15-17,21H,13-14H2,1-7H3/t21-,24-/m1/s1. The molecule has 0 amide bonds. The Hall–Kier alpha value is -1.68. The van der Waals surface area contributed by atoms with Gasteiger partial charge in [-0.15, -0.1) is 0 Å². The van der Waals surface area contributed by atoms with Gasteiger partial charge in [0.15, 0.2) is 11.6 Å². The van der Waals surface area contributed by atoms with E-state index in [9.17, 15) is 9.59 Å². The molecule has 0 aliphatic heterocycles. The first-order chi connectivity index (χ1) is 13.1. The van der Waals surface area contributed by atoms with Crippen LogP contribution in [0, 0.1) is 11.3 Å². The summed E-state index contributed by atoms with van der Waals surface area (Å²) < 4.78 is 6.89. The number of carbonyl (C=O) groups excluding carboxylic acids is 2. The lowest BCUT2D eigenvalue weighted by Gasteiger charge is -2.47. The molecule has 0 heterocycles. The summed E-state index contributed by atoms with van der Waals surface area (Å²) >= 11 is 0. The molecule has 0 unspecified atom stereocenters. The molecule has 4 heteroatoms. The van der Waals surface area contributed by atoms with Crippen LogP contribution in [-0.4, -0.2) is 19.9 Å². The van der Waals surface area contributed by atoms with Gasteiger partial charge in [-0.3, -0.25) is 9.59 Å². The van der Waals surface area contributed by atoms with Gasteiger partial charge in [0.25, 0.3) is 8.32 Å². The van der Waals surface area contributed by atoms with Crippen molar-refractivity contribution in [3.63, 3.8) is 0 Å². The molecule has 2 aliphatic carbocycles. The molecule has 0 fully saturated rings. The van der Waals surface area contributed by atoms with Gasteiger partial charge >= 0.3 is 0 Å². The molecule has 0 radical (unpaired) electrons. The first-order valence-corrected chi connectivity index (χ1v) is 12.8. The molecule has 0 spiro atoms. The fourth-order valence-corrected chi connectivity index (χ4v) is 11.1. The van der Waals surface area contributed by atoms with Crippen molar-refractivity contribution in [3.05, 3.63) is 47.2 Å². The molecule has 1 aromatic carbocycles. The quantitative estimate of drug-likeness (QED) is 0.528. The lowest BCUT2D eigenvalue weighted by molar-refractivity contribution is 0.0532. The molecule has 2 aliphatic rings. The molecular formula is C24H34O3Si. The summed E-state index contributed by atoms with van der Waals surface area (Å²) in [6.07, 6.45) is 3.21. The van der Waals surface area contributed by atoms with Gasteiger partial charge in [0.05, 0.1) is 5.76 Å². The number of hydrogen-bond acceptors (Lipinski definition) is 3. The number of benzene rings is 1. The van der Waals surface area contributed by atoms with Crippen molar-refractivity contribution in [3.8, 4) is 0 Å². The van der Waals surface area contributed by atoms with Crippen LogP contribution in [0.15, 0.2) is 36.1 Å². The maximum absolute atomic E-state index is 13.4. The first kappa shape index (κ1) is 21.0. The zero-order valence-electron chi connectivity index (χ0n) is 18.3. The fraction of sp³-hybridized carbons (Fsp3) is 0.583. The Kier molecular flexibility index (Phi) is 5.48. The average Bonchev–Trinajstić information content (AvgIpc) is 2.63. The minimum absolute atomic E-state index is 0.0906. The Morgan fingerprint density at radius 1 is 0.964 bits per heavy atom. The summed E-state index contributed by atoms with van der Waals surface area (Å²) in [6.45, 7) is 15.6. The molecule has 3 rings (SSSR count). The van der Waals surface area contributed by atoms with Crippen molar-refractivity contribution in [2.24, 2.45) is 11.3 Å². The molecular weight excluding hydrogens is 364 g/mol. The van der Waals surface area contributed by atoms with Gasteiger partial charge in [-0.1, -0.05) is 72.7 Å². The van der Waals surface area contributed by atoms with Gasteiger partial charge in [0.1, 0.15) is 0 Å². The molecule has 0 bridgehead atoms. The molecule has 0 aromatic heterocycles. The summed E-state index contributed by atoms with van der Waals surface area (Å²) in [5, 5.41) is 0. The predicted molar refractivity (Wildman–Crippen MR) is 116 cm³/mol. The normalized spacial score (nSPS) is 25.1. The Balaban J connectivity index is 1.98. The largest absolute Gasteiger partial charge is 0.546 e. The van der Waals surface area contributed by atoms with Gasteiger partial charge in [0.2, 0.25) is 0 Å². The second-order valence-corrected chi connectivity index (χ2v) is 15.1. The van der Waals surface area contributed by atoms with Crippen LogP contribution in [0.1, 0.15) is 82.0 Å². The van der Waals surface area contributed by atoms with E-state index in [1.54, 1.807) is 12.1 Å². The van der Waals surface area contributed by atoms with E-state index in [2.05, 4.69) is 47.6 Å². The van der Waals surface area contributed by atoms with E-state index in [4.69, 9.17) is 4.43 Å². The minimum Gasteiger partial charge on any atom is -0.546 e. The third-order valence-electron chi connectivity index (χ3n) is 7.18. The average molecular weight is 399 g/mol. The lowest BCUT2D eigenvalue weighted by Crippen LogP contribution is -2.50. The highest BCUT2D eigenvalue weighted by molar-refractivity contribution is 6.77. The van der Waals surface area contributed by atoms with E-state index in [0.29, 0.717) is 40.6 Å². The summed E-state index contributed by atoms with van der Waals surface area (Å²) in [5.74, 6) is 0.846. The van der Waals surface area contributed by atoms with Crippen molar-refractivity contribution in [2.75, 3.05) is 0 Å². The molecule has 0 saturated carbocycles. The highest BCUT2D eigenvalue weighted by atomic mass is 28.4.